The Labute approximate surface area is 121 Å². The van der Waals surface area contributed by atoms with Gasteiger partial charge in [0.2, 0.25) is 5.91 Å². The van der Waals surface area contributed by atoms with Crippen LogP contribution in [0.1, 0.15) is 33.6 Å². The summed E-state index contributed by atoms with van der Waals surface area (Å²) in [6.45, 7) is 8.61. The molecule has 4 heteroatoms. The summed E-state index contributed by atoms with van der Waals surface area (Å²) >= 11 is 0. The van der Waals surface area contributed by atoms with Crippen LogP contribution in [0.25, 0.3) is 0 Å². The summed E-state index contributed by atoms with van der Waals surface area (Å²) in [5, 5.41) is 6.43. The number of hydrogen-bond donors (Lipinski definition) is 2. The van der Waals surface area contributed by atoms with Gasteiger partial charge in [0.05, 0.1) is 0 Å². The predicted octanol–water partition coefficient (Wildman–Crippen LogP) is 2.93. The SMILES string of the molecule is CCC(=O)Nc1ccc(NC2CCN(C(C)C)C2)cc1. The minimum atomic E-state index is 0.0501. The van der Waals surface area contributed by atoms with Crippen molar-refractivity contribution in [2.24, 2.45) is 0 Å². The summed E-state index contributed by atoms with van der Waals surface area (Å²) in [5.74, 6) is 0.0501. The van der Waals surface area contributed by atoms with Crippen molar-refractivity contribution in [3.8, 4) is 0 Å². The molecule has 1 aliphatic heterocycles. The van der Waals surface area contributed by atoms with Gasteiger partial charge in [-0.15, -0.1) is 0 Å². The summed E-state index contributed by atoms with van der Waals surface area (Å²) in [4.78, 5) is 13.8. The first-order valence-electron chi connectivity index (χ1n) is 7.49. The molecule has 0 spiro atoms. The quantitative estimate of drug-likeness (QED) is 0.868. The van der Waals surface area contributed by atoms with Crippen LogP contribution in [0.3, 0.4) is 0 Å². The Bertz CT molecular complexity index is 442. The fourth-order valence-corrected chi connectivity index (χ4v) is 2.51. The second-order valence-corrected chi connectivity index (χ2v) is 5.70. The van der Waals surface area contributed by atoms with Crippen LogP contribution in [0.2, 0.25) is 0 Å². The molecule has 1 heterocycles. The Hall–Kier alpha value is -1.55. The molecular weight excluding hydrogens is 250 g/mol. The van der Waals surface area contributed by atoms with Crippen molar-refractivity contribution in [3.63, 3.8) is 0 Å². The molecule has 0 radical (unpaired) electrons. The third-order valence-electron chi connectivity index (χ3n) is 3.81. The predicted molar refractivity (Wildman–Crippen MR) is 84.1 cm³/mol. The number of anilines is 2. The molecule has 1 saturated heterocycles. The highest BCUT2D eigenvalue weighted by Gasteiger charge is 2.23. The minimum Gasteiger partial charge on any atom is -0.381 e. The number of nitrogens with one attached hydrogen (secondary N) is 2. The lowest BCUT2D eigenvalue weighted by molar-refractivity contribution is -0.115. The lowest BCUT2D eigenvalue weighted by Crippen LogP contribution is -2.31. The van der Waals surface area contributed by atoms with Crippen molar-refractivity contribution in [2.75, 3.05) is 23.7 Å². The molecule has 0 saturated carbocycles. The molecule has 2 rings (SSSR count). The van der Waals surface area contributed by atoms with Crippen LogP contribution in [0.15, 0.2) is 24.3 Å². The molecule has 0 bridgehead atoms. The van der Waals surface area contributed by atoms with E-state index < -0.39 is 0 Å². The van der Waals surface area contributed by atoms with Crippen molar-refractivity contribution in [1.82, 2.24) is 4.90 Å². The molecule has 0 aromatic heterocycles. The van der Waals surface area contributed by atoms with Crippen molar-refractivity contribution >= 4 is 17.3 Å². The van der Waals surface area contributed by atoms with Crippen LogP contribution in [0.4, 0.5) is 11.4 Å². The van der Waals surface area contributed by atoms with Crippen LogP contribution in [-0.2, 0) is 4.79 Å². The molecule has 1 aromatic carbocycles. The van der Waals surface area contributed by atoms with E-state index in [1.54, 1.807) is 0 Å². The van der Waals surface area contributed by atoms with Gasteiger partial charge in [-0.2, -0.15) is 0 Å². The fraction of sp³-hybridized carbons (Fsp3) is 0.562. The Morgan fingerprint density at radius 3 is 2.50 bits per heavy atom. The number of carbonyl (C=O) groups is 1. The van der Waals surface area contributed by atoms with Gasteiger partial charge in [-0.05, 0) is 44.5 Å². The van der Waals surface area contributed by atoms with E-state index in [4.69, 9.17) is 0 Å². The van der Waals surface area contributed by atoms with Crippen LogP contribution in [0, 0.1) is 0 Å². The highest BCUT2D eigenvalue weighted by atomic mass is 16.1. The molecule has 1 aliphatic rings. The van der Waals surface area contributed by atoms with E-state index in [1.807, 2.05) is 31.2 Å². The maximum Gasteiger partial charge on any atom is 0.224 e. The summed E-state index contributed by atoms with van der Waals surface area (Å²) in [7, 11) is 0. The smallest absolute Gasteiger partial charge is 0.224 e. The van der Waals surface area contributed by atoms with Gasteiger partial charge in [0.25, 0.3) is 0 Å². The largest absolute Gasteiger partial charge is 0.381 e. The van der Waals surface area contributed by atoms with E-state index in [1.165, 1.54) is 13.0 Å². The third kappa shape index (κ3) is 3.97. The molecule has 1 unspecified atom stereocenters. The van der Waals surface area contributed by atoms with Crippen LogP contribution in [-0.4, -0.2) is 36.0 Å². The minimum absolute atomic E-state index is 0.0501. The van der Waals surface area contributed by atoms with Crippen molar-refractivity contribution in [2.45, 2.75) is 45.7 Å². The maximum absolute atomic E-state index is 11.3. The summed E-state index contributed by atoms with van der Waals surface area (Å²) < 4.78 is 0. The van der Waals surface area contributed by atoms with Gasteiger partial charge in [0, 0.05) is 43.0 Å². The van der Waals surface area contributed by atoms with Gasteiger partial charge >= 0.3 is 0 Å². The summed E-state index contributed by atoms with van der Waals surface area (Å²) in [6, 6.07) is 9.10. The zero-order valence-corrected chi connectivity index (χ0v) is 12.6. The topological polar surface area (TPSA) is 44.4 Å². The molecule has 110 valence electrons. The first-order chi connectivity index (χ1) is 9.58. The summed E-state index contributed by atoms with van der Waals surface area (Å²) in [6.07, 6.45) is 1.69. The van der Waals surface area contributed by atoms with Crippen LogP contribution >= 0.6 is 0 Å². The molecule has 0 aliphatic carbocycles. The van der Waals surface area contributed by atoms with E-state index in [0.717, 1.165) is 17.9 Å². The van der Waals surface area contributed by atoms with Gasteiger partial charge in [0.15, 0.2) is 0 Å². The molecule has 20 heavy (non-hydrogen) atoms. The van der Waals surface area contributed by atoms with Gasteiger partial charge in [0.1, 0.15) is 0 Å². The van der Waals surface area contributed by atoms with E-state index in [-0.39, 0.29) is 5.91 Å². The average molecular weight is 275 g/mol. The van der Waals surface area contributed by atoms with Crippen molar-refractivity contribution in [3.05, 3.63) is 24.3 Å². The van der Waals surface area contributed by atoms with Crippen LogP contribution < -0.4 is 10.6 Å². The third-order valence-corrected chi connectivity index (χ3v) is 3.81. The first-order valence-corrected chi connectivity index (χ1v) is 7.49. The number of benzene rings is 1. The second-order valence-electron chi connectivity index (χ2n) is 5.70. The lowest BCUT2D eigenvalue weighted by Gasteiger charge is -2.21. The Morgan fingerprint density at radius 1 is 1.30 bits per heavy atom. The van der Waals surface area contributed by atoms with E-state index >= 15 is 0 Å². The highest BCUT2D eigenvalue weighted by Crippen LogP contribution is 2.19. The van der Waals surface area contributed by atoms with Gasteiger partial charge < -0.3 is 10.6 Å². The Morgan fingerprint density at radius 2 is 1.95 bits per heavy atom. The Kier molecular flexibility index (Phi) is 5.01. The monoisotopic (exact) mass is 275 g/mol. The average Bonchev–Trinajstić information content (AvgIpc) is 2.89. The second kappa shape index (κ2) is 6.75. The number of nitrogens with zero attached hydrogens (tertiary/aromatic N) is 1. The van der Waals surface area contributed by atoms with Gasteiger partial charge in [-0.3, -0.25) is 9.69 Å². The first kappa shape index (κ1) is 14.9. The van der Waals surface area contributed by atoms with E-state index in [2.05, 4.69) is 29.4 Å². The lowest BCUT2D eigenvalue weighted by atomic mass is 10.2. The molecule has 1 aromatic rings. The van der Waals surface area contributed by atoms with Crippen LogP contribution in [0.5, 0.6) is 0 Å². The van der Waals surface area contributed by atoms with Gasteiger partial charge in [-0.1, -0.05) is 6.92 Å². The summed E-state index contributed by atoms with van der Waals surface area (Å²) in [5.41, 5.74) is 1.98. The number of carbonyl (C=O) groups excluding carboxylic acids is 1. The highest BCUT2D eigenvalue weighted by molar-refractivity contribution is 5.90. The van der Waals surface area contributed by atoms with E-state index in [0.29, 0.717) is 18.5 Å². The number of likely N-dealkylation sites (tertiary alicyclic amines) is 1. The molecular formula is C16H25N3O. The normalized spacial score (nSPS) is 19.3. The zero-order chi connectivity index (χ0) is 14.5. The van der Waals surface area contributed by atoms with Crippen molar-refractivity contribution in [1.29, 1.82) is 0 Å². The standard InChI is InChI=1S/C16H25N3O/c1-4-16(20)18-14-7-5-13(6-8-14)17-15-9-10-19(11-15)12(2)3/h5-8,12,15,17H,4,9-11H2,1-3H3,(H,18,20). The molecule has 1 atom stereocenters. The number of amides is 1. The number of hydrogen-bond acceptors (Lipinski definition) is 3. The van der Waals surface area contributed by atoms with E-state index in [9.17, 15) is 4.79 Å². The molecule has 2 N–H and O–H groups in total. The van der Waals surface area contributed by atoms with Crippen molar-refractivity contribution < 1.29 is 4.79 Å². The Balaban J connectivity index is 1.87. The fourth-order valence-electron chi connectivity index (χ4n) is 2.51. The zero-order valence-electron chi connectivity index (χ0n) is 12.6. The maximum atomic E-state index is 11.3. The number of rotatable bonds is 5. The molecule has 1 fully saturated rings. The molecule has 4 nitrogen and oxygen atoms in total. The van der Waals surface area contributed by atoms with Gasteiger partial charge in [-0.25, -0.2) is 0 Å². The molecule has 1 amide bonds.